The Morgan fingerprint density at radius 2 is 1.74 bits per heavy atom. The summed E-state index contributed by atoms with van der Waals surface area (Å²) < 4.78 is 40.9. The van der Waals surface area contributed by atoms with Crippen molar-refractivity contribution in [1.82, 2.24) is 15.2 Å². The number of nitrogens with zero attached hydrogens (tertiary/aromatic N) is 1. The molecule has 7 nitrogen and oxygen atoms in total. The number of rotatable bonds is 4. The molecule has 1 amide bonds. The number of carbonyl (C=O) groups excluding carboxylic acids is 1. The normalized spacial score (nSPS) is 15.3. The minimum absolute atomic E-state index is 0.0493. The molecule has 0 saturated carbocycles. The van der Waals surface area contributed by atoms with Crippen LogP contribution in [0.2, 0.25) is 0 Å². The Morgan fingerprint density at radius 1 is 1.06 bits per heavy atom. The summed E-state index contributed by atoms with van der Waals surface area (Å²) >= 11 is 5.07. The van der Waals surface area contributed by atoms with Gasteiger partial charge in [0.05, 0.1) is 10.6 Å². The van der Waals surface area contributed by atoms with Crippen molar-refractivity contribution >= 4 is 38.9 Å². The number of thiocarbonyl (C=S) groups is 1. The molecule has 0 radical (unpaired) electrons. The van der Waals surface area contributed by atoms with Crippen molar-refractivity contribution in [2.24, 2.45) is 5.92 Å². The van der Waals surface area contributed by atoms with Gasteiger partial charge in [0.2, 0.25) is 15.9 Å². The van der Waals surface area contributed by atoms with E-state index in [1.165, 1.54) is 16.4 Å². The van der Waals surface area contributed by atoms with Gasteiger partial charge in [0, 0.05) is 19.0 Å². The van der Waals surface area contributed by atoms with E-state index in [0.29, 0.717) is 12.8 Å². The number of hydrogen-bond donors (Lipinski definition) is 3. The highest BCUT2D eigenvalue weighted by Crippen LogP contribution is 2.25. The SMILES string of the molecule is Cc1ccc(S(=O)(=O)N2CCC(C(=O)NNC(=S)Nc3ccccc3F)CC2)cc1C. The van der Waals surface area contributed by atoms with Crippen LogP contribution in [0, 0.1) is 25.6 Å². The average molecular weight is 465 g/mol. The van der Waals surface area contributed by atoms with Crippen LogP contribution < -0.4 is 16.2 Å². The second kappa shape index (κ2) is 9.71. The van der Waals surface area contributed by atoms with Crippen LogP contribution in [0.5, 0.6) is 0 Å². The zero-order chi connectivity index (χ0) is 22.6. The Bertz CT molecular complexity index is 1080. The summed E-state index contributed by atoms with van der Waals surface area (Å²) in [6.45, 7) is 4.32. The van der Waals surface area contributed by atoms with Gasteiger partial charge in [-0.2, -0.15) is 4.31 Å². The smallest absolute Gasteiger partial charge is 0.243 e. The van der Waals surface area contributed by atoms with Gasteiger partial charge in [0.25, 0.3) is 0 Å². The second-order valence-corrected chi connectivity index (χ2v) is 9.82. The number of para-hydroxylation sites is 1. The predicted octanol–water partition coefficient (Wildman–Crippen LogP) is 2.86. The van der Waals surface area contributed by atoms with Crippen LogP contribution in [-0.4, -0.2) is 36.8 Å². The number of hydrogen-bond acceptors (Lipinski definition) is 4. The van der Waals surface area contributed by atoms with Crippen molar-refractivity contribution in [3.05, 3.63) is 59.4 Å². The number of sulfonamides is 1. The highest BCUT2D eigenvalue weighted by molar-refractivity contribution is 7.89. The number of hydrazine groups is 1. The van der Waals surface area contributed by atoms with Gasteiger partial charge in [-0.3, -0.25) is 15.6 Å². The fraction of sp³-hybridized carbons (Fsp3) is 0.333. The van der Waals surface area contributed by atoms with Crippen molar-refractivity contribution in [1.29, 1.82) is 0 Å². The number of carbonyl (C=O) groups is 1. The molecule has 0 spiro atoms. The Morgan fingerprint density at radius 3 is 2.39 bits per heavy atom. The molecule has 1 aliphatic heterocycles. The monoisotopic (exact) mass is 464 g/mol. The molecule has 2 aromatic rings. The lowest BCUT2D eigenvalue weighted by molar-refractivity contribution is -0.126. The number of halogens is 1. The number of amides is 1. The molecule has 0 unspecified atom stereocenters. The Balaban J connectivity index is 1.51. The van der Waals surface area contributed by atoms with Crippen molar-refractivity contribution in [2.75, 3.05) is 18.4 Å². The summed E-state index contributed by atoms with van der Waals surface area (Å²) in [6, 6.07) is 11.1. The van der Waals surface area contributed by atoms with Crippen LogP contribution in [0.3, 0.4) is 0 Å². The molecule has 10 heteroatoms. The molecule has 0 bridgehead atoms. The van der Waals surface area contributed by atoms with Crippen LogP contribution in [0.25, 0.3) is 0 Å². The van der Waals surface area contributed by atoms with E-state index >= 15 is 0 Å². The van der Waals surface area contributed by atoms with Gasteiger partial charge >= 0.3 is 0 Å². The summed E-state index contributed by atoms with van der Waals surface area (Å²) in [6.07, 6.45) is 0.788. The zero-order valence-corrected chi connectivity index (χ0v) is 18.9. The quantitative estimate of drug-likeness (QED) is 0.476. The van der Waals surface area contributed by atoms with Crippen molar-refractivity contribution < 1.29 is 17.6 Å². The largest absolute Gasteiger partial charge is 0.329 e. The lowest BCUT2D eigenvalue weighted by Crippen LogP contribution is -2.49. The number of benzene rings is 2. The van der Waals surface area contributed by atoms with E-state index in [1.807, 2.05) is 13.8 Å². The number of aryl methyl sites for hydroxylation is 2. The van der Waals surface area contributed by atoms with Crippen LogP contribution in [0.4, 0.5) is 10.1 Å². The van der Waals surface area contributed by atoms with Crippen molar-refractivity contribution in [2.45, 2.75) is 31.6 Å². The predicted molar refractivity (Wildman–Crippen MR) is 121 cm³/mol. The summed E-state index contributed by atoms with van der Waals surface area (Å²) in [5.41, 5.74) is 7.21. The van der Waals surface area contributed by atoms with Crippen molar-refractivity contribution in [3.8, 4) is 0 Å². The lowest BCUT2D eigenvalue weighted by atomic mass is 9.98. The van der Waals surface area contributed by atoms with E-state index in [0.717, 1.165) is 11.1 Å². The Labute approximate surface area is 187 Å². The van der Waals surface area contributed by atoms with Gasteiger partial charge in [-0.15, -0.1) is 0 Å². The fourth-order valence-electron chi connectivity index (χ4n) is 3.32. The topological polar surface area (TPSA) is 90.5 Å². The molecular formula is C21H25FN4O3S2. The molecule has 1 fully saturated rings. The first-order valence-corrected chi connectivity index (χ1v) is 11.7. The fourth-order valence-corrected chi connectivity index (χ4v) is 5.03. The number of piperidine rings is 1. The van der Waals surface area contributed by atoms with E-state index in [1.54, 1.807) is 30.3 Å². The summed E-state index contributed by atoms with van der Waals surface area (Å²) in [5, 5.41) is 2.71. The van der Waals surface area contributed by atoms with Gasteiger partial charge in [0.15, 0.2) is 5.11 Å². The third kappa shape index (κ3) is 5.57. The molecule has 1 saturated heterocycles. The highest BCUT2D eigenvalue weighted by atomic mass is 32.2. The van der Waals surface area contributed by atoms with Gasteiger partial charge in [-0.1, -0.05) is 18.2 Å². The third-order valence-corrected chi connectivity index (χ3v) is 7.46. The number of nitrogens with one attached hydrogen (secondary N) is 3. The van der Waals surface area contributed by atoms with Crippen LogP contribution in [0.15, 0.2) is 47.4 Å². The van der Waals surface area contributed by atoms with Crippen molar-refractivity contribution in [3.63, 3.8) is 0 Å². The zero-order valence-electron chi connectivity index (χ0n) is 17.3. The maximum absolute atomic E-state index is 13.6. The molecule has 1 aliphatic rings. The second-order valence-electron chi connectivity index (χ2n) is 7.47. The molecule has 3 rings (SSSR count). The molecule has 1 heterocycles. The Kier molecular flexibility index (Phi) is 7.24. The molecule has 31 heavy (non-hydrogen) atoms. The molecule has 0 atom stereocenters. The Hall–Kier alpha value is -2.56. The van der Waals surface area contributed by atoms with E-state index in [-0.39, 0.29) is 40.6 Å². The van der Waals surface area contributed by atoms with E-state index in [2.05, 4.69) is 16.2 Å². The summed E-state index contributed by atoms with van der Waals surface area (Å²) in [4.78, 5) is 12.7. The van der Waals surface area contributed by atoms with Gasteiger partial charge in [-0.25, -0.2) is 12.8 Å². The van der Waals surface area contributed by atoms with Gasteiger partial charge in [-0.05, 0) is 74.3 Å². The molecule has 2 aromatic carbocycles. The van der Waals surface area contributed by atoms with Crippen LogP contribution >= 0.6 is 12.2 Å². The first kappa shape index (κ1) is 23.1. The van der Waals surface area contributed by atoms with Gasteiger partial charge < -0.3 is 5.32 Å². The highest BCUT2D eigenvalue weighted by Gasteiger charge is 2.32. The third-order valence-electron chi connectivity index (χ3n) is 5.36. The standard InChI is InChI=1S/C21H25FN4O3S2/c1-14-7-8-17(13-15(14)2)31(28,29)26-11-9-16(10-12-26)20(27)24-25-21(30)23-19-6-4-3-5-18(19)22/h3-8,13,16H,9-12H2,1-2H3,(H,24,27)(H2,23,25,30). The molecular weight excluding hydrogens is 439 g/mol. The van der Waals surface area contributed by atoms with E-state index in [4.69, 9.17) is 12.2 Å². The summed E-state index contributed by atoms with van der Waals surface area (Å²) in [7, 11) is -3.60. The first-order chi connectivity index (χ1) is 14.7. The average Bonchev–Trinajstić information content (AvgIpc) is 2.75. The van der Waals surface area contributed by atoms with E-state index < -0.39 is 15.8 Å². The first-order valence-electron chi connectivity index (χ1n) is 9.87. The molecule has 166 valence electrons. The van der Waals surface area contributed by atoms with Gasteiger partial charge in [0.1, 0.15) is 5.82 Å². The molecule has 0 aromatic heterocycles. The minimum Gasteiger partial charge on any atom is -0.329 e. The molecule has 0 aliphatic carbocycles. The minimum atomic E-state index is -3.60. The van der Waals surface area contributed by atoms with Crippen LogP contribution in [0.1, 0.15) is 24.0 Å². The van der Waals surface area contributed by atoms with Crippen LogP contribution in [-0.2, 0) is 14.8 Å². The maximum atomic E-state index is 13.6. The lowest BCUT2D eigenvalue weighted by Gasteiger charge is -2.30. The number of anilines is 1. The maximum Gasteiger partial charge on any atom is 0.243 e. The summed E-state index contributed by atoms with van der Waals surface area (Å²) in [5.74, 6) is -1.11. The molecule has 3 N–H and O–H groups in total. The van der Waals surface area contributed by atoms with E-state index in [9.17, 15) is 17.6 Å².